The summed E-state index contributed by atoms with van der Waals surface area (Å²) in [7, 11) is -3.64. The highest BCUT2D eigenvalue weighted by Gasteiger charge is 2.27. The summed E-state index contributed by atoms with van der Waals surface area (Å²) >= 11 is 8.14. The van der Waals surface area contributed by atoms with E-state index in [0.29, 0.717) is 9.90 Å². The van der Waals surface area contributed by atoms with Crippen molar-refractivity contribution < 1.29 is 13.5 Å². The van der Waals surface area contributed by atoms with Crippen LogP contribution < -0.4 is 4.72 Å². The van der Waals surface area contributed by atoms with Gasteiger partial charge in [-0.25, -0.2) is 13.1 Å². The number of hydrogen-bond acceptors (Lipinski definition) is 5. The molecule has 8 heteroatoms. The lowest BCUT2D eigenvalue weighted by atomic mass is 10.0. The Balaban J connectivity index is 2.10. The molecule has 0 aromatic carbocycles. The first-order valence-corrected chi connectivity index (χ1v) is 8.93. The predicted octanol–water partition coefficient (Wildman–Crippen LogP) is 2.65. The van der Waals surface area contributed by atoms with E-state index in [-0.39, 0.29) is 10.8 Å². The zero-order valence-corrected chi connectivity index (χ0v) is 13.2. The Morgan fingerprint density at radius 3 is 2.68 bits per heavy atom. The van der Waals surface area contributed by atoms with Crippen LogP contribution in [0.15, 0.2) is 33.2 Å². The number of halogens is 1. The average molecular weight is 338 g/mol. The van der Waals surface area contributed by atoms with Crippen LogP contribution in [0.1, 0.15) is 12.5 Å². The van der Waals surface area contributed by atoms with Gasteiger partial charge < -0.3 is 5.11 Å². The molecule has 0 unspecified atom stereocenters. The van der Waals surface area contributed by atoms with Gasteiger partial charge >= 0.3 is 0 Å². The largest absolute Gasteiger partial charge is 0.384 e. The van der Waals surface area contributed by atoms with Gasteiger partial charge in [-0.1, -0.05) is 11.6 Å². The summed E-state index contributed by atoms with van der Waals surface area (Å²) in [6.45, 7) is 1.47. The summed E-state index contributed by atoms with van der Waals surface area (Å²) in [6.07, 6.45) is 0. The van der Waals surface area contributed by atoms with Gasteiger partial charge in [0.05, 0.1) is 4.34 Å². The van der Waals surface area contributed by atoms with Crippen LogP contribution in [-0.4, -0.2) is 20.1 Å². The Hall–Kier alpha value is -0.440. The van der Waals surface area contributed by atoms with E-state index in [4.69, 9.17) is 11.6 Å². The second kappa shape index (κ2) is 5.51. The van der Waals surface area contributed by atoms with Gasteiger partial charge in [0, 0.05) is 6.54 Å². The summed E-state index contributed by atoms with van der Waals surface area (Å²) < 4.78 is 26.9. The minimum atomic E-state index is -3.64. The Bertz CT molecular complexity index is 647. The molecule has 1 atom stereocenters. The molecular formula is C11H12ClNO3S3. The first-order valence-electron chi connectivity index (χ1n) is 5.31. The normalized spacial score (nSPS) is 15.3. The van der Waals surface area contributed by atoms with Crippen LogP contribution in [0.2, 0.25) is 4.34 Å². The highest BCUT2D eigenvalue weighted by molar-refractivity contribution is 7.91. The van der Waals surface area contributed by atoms with Crippen molar-refractivity contribution >= 4 is 44.3 Å². The van der Waals surface area contributed by atoms with E-state index in [1.807, 2.05) is 5.38 Å². The SMILES string of the molecule is C[C@](O)(CNS(=O)(=O)c1ccc(Cl)s1)c1ccsc1. The molecular weight excluding hydrogens is 326 g/mol. The maximum atomic E-state index is 12.0. The van der Waals surface area contributed by atoms with E-state index in [0.717, 1.165) is 11.3 Å². The lowest BCUT2D eigenvalue weighted by molar-refractivity contribution is 0.0632. The van der Waals surface area contributed by atoms with Gasteiger partial charge in [0.25, 0.3) is 0 Å². The third-order valence-corrected chi connectivity index (χ3v) is 6.37. The molecule has 0 spiro atoms. The first-order chi connectivity index (χ1) is 8.81. The molecule has 0 aliphatic carbocycles. The lowest BCUT2D eigenvalue weighted by Crippen LogP contribution is -2.38. The number of aliphatic hydroxyl groups is 1. The molecule has 19 heavy (non-hydrogen) atoms. The third kappa shape index (κ3) is 3.56. The van der Waals surface area contributed by atoms with E-state index in [1.54, 1.807) is 18.4 Å². The fourth-order valence-corrected chi connectivity index (χ4v) is 4.86. The second-order valence-corrected chi connectivity index (χ2v) is 8.66. The van der Waals surface area contributed by atoms with Crippen molar-refractivity contribution in [2.45, 2.75) is 16.7 Å². The second-order valence-electron chi connectivity index (χ2n) is 4.17. The van der Waals surface area contributed by atoms with Gasteiger partial charge in [-0.05, 0) is 41.4 Å². The smallest absolute Gasteiger partial charge is 0.250 e. The van der Waals surface area contributed by atoms with E-state index < -0.39 is 15.6 Å². The molecule has 2 aromatic heterocycles. The van der Waals surface area contributed by atoms with Crippen molar-refractivity contribution in [3.8, 4) is 0 Å². The van der Waals surface area contributed by atoms with Gasteiger partial charge in [0.15, 0.2) is 0 Å². The summed E-state index contributed by atoms with van der Waals surface area (Å²) in [6, 6.07) is 4.73. The summed E-state index contributed by atoms with van der Waals surface area (Å²) in [5.41, 5.74) is -0.557. The molecule has 0 aliphatic rings. The molecule has 2 heterocycles. The lowest BCUT2D eigenvalue weighted by Gasteiger charge is -2.22. The zero-order valence-electron chi connectivity index (χ0n) is 9.96. The quantitative estimate of drug-likeness (QED) is 0.881. The van der Waals surface area contributed by atoms with E-state index >= 15 is 0 Å². The molecule has 0 saturated carbocycles. The van der Waals surface area contributed by atoms with E-state index in [9.17, 15) is 13.5 Å². The average Bonchev–Trinajstić information content (AvgIpc) is 2.97. The van der Waals surface area contributed by atoms with Crippen molar-refractivity contribution in [2.24, 2.45) is 0 Å². The zero-order chi connectivity index (χ0) is 14.1. The van der Waals surface area contributed by atoms with Gasteiger partial charge in [-0.3, -0.25) is 0 Å². The topological polar surface area (TPSA) is 66.4 Å². The number of hydrogen-bond donors (Lipinski definition) is 2. The number of thiophene rings is 2. The van der Waals surface area contributed by atoms with Crippen molar-refractivity contribution in [2.75, 3.05) is 6.54 Å². The highest BCUT2D eigenvalue weighted by atomic mass is 35.5. The number of nitrogens with one attached hydrogen (secondary N) is 1. The predicted molar refractivity (Wildman–Crippen MR) is 78.4 cm³/mol. The molecule has 4 nitrogen and oxygen atoms in total. The Labute approximate surface area is 124 Å². The Morgan fingerprint density at radius 1 is 1.42 bits per heavy atom. The van der Waals surface area contributed by atoms with Crippen molar-refractivity contribution in [3.05, 3.63) is 38.9 Å². The number of sulfonamides is 1. The molecule has 0 amide bonds. The maximum Gasteiger partial charge on any atom is 0.250 e. The van der Waals surface area contributed by atoms with Crippen LogP contribution in [0, 0.1) is 0 Å². The Morgan fingerprint density at radius 2 is 2.16 bits per heavy atom. The molecule has 2 aromatic rings. The van der Waals surface area contributed by atoms with Crippen LogP contribution >= 0.6 is 34.3 Å². The van der Waals surface area contributed by atoms with Crippen LogP contribution in [0.25, 0.3) is 0 Å². The first kappa shape index (κ1) is 15.0. The minimum Gasteiger partial charge on any atom is -0.384 e. The van der Waals surface area contributed by atoms with Gasteiger partial charge in [0.2, 0.25) is 10.0 Å². The fraction of sp³-hybridized carbons (Fsp3) is 0.273. The van der Waals surface area contributed by atoms with Crippen LogP contribution in [-0.2, 0) is 15.6 Å². The molecule has 104 valence electrons. The summed E-state index contributed by atoms with van der Waals surface area (Å²) in [5.74, 6) is 0. The summed E-state index contributed by atoms with van der Waals surface area (Å²) in [5, 5.41) is 13.9. The summed E-state index contributed by atoms with van der Waals surface area (Å²) in [4.78, 5) is 0. The molecule has 0 bridgehead atoms. The molecule has 0 fully saturated rings. The molecule has 2 N–H and O–H groups in total. The van der Waals surface area contributed by atoms with Gasteiger partial charge in [-0.15, -0.1) is 11.3 Å². The van der Waals surface area contributed by atoms with E-state index in [2.05, 4.69) is 4.72 Å². The highest BCUT2D eigenvalue weighted by Crippen LogP contribution is 2.27. The third-order valence-electron chi connectivity index (χ3n) is 2.56. The van der Waals surface area contributed by atoms with Crippen molar-refractivity contribution in [1.82, 2.24) is 4.72 Å². The fourth-order valence-electron chi connectivity index (χ4n) is 1.42. The van der Waals surface area contributed by atoms with Crippen molar-refractivity contribution in [3.63, 3.8) is 0 Å². The monoisotopic (exact) mass is 337 g/mol. The molecule has 0 radical (unpaired) electrons. The maximum absolute atomic E-state index is 12.0. The minimum absolute atomic E-state index is 0.0956. The number of rotatable bonds is 5. The standard InChI is InChI=1S/C11H12ClNO3S3/c1-11(14,8-4-5-17-6-8)7-13-19(15,16)10-3-2-9(12)18-10/h2-6,13-14H,7H2,1H3/t11-/m0/s1. The van der Waals surface area contributed by atoms with Gasteiger partial charge in [-0.2, -0.15) is 11.3 Å². The Kier molecular flexibility index (Phi) is 4.34. The molecule has 0 aliphatic heterocycles. The molecule has 2 rings (SSSR count). The van der Waals surface area contributed by atoms with Crippen molar-refractivity contribution in [1.29, 1.82) is 0 Å². The van der Waals surface area contributed by atoms with Crippen LogP contribution in [0.5, 0.6) is 0 Å². The van der Waals surface area contributed by atoms with Gasteiger partial charge in [0.1, 0.15) is 9.81 Å². The van der Waals surface area contributed by atoms with E-state index in [1.165, 1.54) is 23.5 Å². The molecule has 0 saturated heterocycles. The van der Waals surface area contributed by atoms with Crippen LogP contribution in [0.3, 0.4) is 0 Å². The van der Waals surface area contributed by atoms with Crippen LogP contribution in [0.4, 0.5) is 0 Å².